The highest BCUT2D eigenvalue weighted by molar-refractivity contribution is 7.99. The SMILES string of the molecule is CCOP(=O)(OCC)Oc1cc(C(C)C)c(NC(=O)CN2CCN(CCSc3nc4ccccc4o3)CC2)c(C(C)C)c1. The first-order chi connectivity index (χ1) is 20.6. The molecule has 0 saturated carbocycles. The number of anilines is 1. The maximum absolute atomic E-state index is 13.3. The number of nitrogens with zero attached hydrogens (tertiary/aromatic N) is 3. The number of hydrogen-bond acceptors (Lipinski definition) is 10. The topological polar surface area (TPSA) is 106 Å². The summed E-state index contributed by atoms with van der Waals surface area (Å²) in [5.41, 5.74) is 4.32. The number of hydrogen-bond donors (Lipinski definition) is 1. The molecule has 0 spiro atoms. The van der Waals surface area contributed by atoms with Crippen molar-refractivity contribution in [1.82, 2.24) is 14.8 Å². The number of carbonyl (C=O) groups is 1. The molecule has 2 aromatic carbocycles. The minimum absolute atomic E-state index is 0.0493. The largest absolute Gasteiger partial charge is 0.530 e. The van der Waals surface area contributed by atoms with E-state index in [1.165, 1.54) is 0 Å². The van der Waals surface area contributed by atoms with Crippen LogP contribution in [0.25, 0.3) is 11.1 Å². The number of aromatic nitrogens is 1. The Bertz CT molecular complexity index is 1330. The minimum atomic E-state index is -3.75. The molecule has 236 valence electrons. The molecular weight excluding hydrogens is 587 g/mol. The van der Waals surface area contributed by atoms with Crippen LogP contribution in [0.2, 0.25) is 0 Å². The predicted octanol–water partition coefficient (Wildman–Crippen LogP) is 6.98. The summed E-state index contributed by atoms with van der Waals surface area (Å²) in [7, 11) is -3.75. The number of phosphoric ester groups is 1. The maximum atomic E-state index is 13.3. The van der Waals surface area contributed by atoms with Gasteiger partial charge < -0.3 is 14.3 Å². The molecule has 0 atom stereocenters. The molecule has 1 aromatic heterocycles. The zero-order chi connectivity index (χ0) is 31.0. The fourth-order valence-corrected chi connectivity index (χ4v) is 7.04. The smallest absolute Gasteiger partial charge is 0.431 e. The molecule has 1 aliphatic rings. The first-order valence-corrected chi connectivity index (χ1v) is 17.5. The van der Waals surface area contributed by atoms with Gasteiger partial charge in [0.2, 0.25) is 5.91 Å². The quantitative estimate of drug-likeness (QED) is 0.139. The van der Waals surface area contributed by atoms with Crippen molar-refractivity contribution in [3.63, 3.8) is 0 Å². The van der Waals surface area contributed by atoms with E-state index in [0.717, 1.165) is 66.4 Å². The number of piperazine rings is 1. The number of rotatable bonds is 15. The van der Waals surface area contributed by atoms with Gasteiger partial charge in [0.25, 0.3) is 5.22 Å². The third-order valence-electron chi connectivity index (χ3n) is 7.21. The summed E-state index contributed by atoms with van der Waals surface area (Å²) in [6, 6.07) is 11.5. The molecule has 0 aliphatic carbocycles. The lowest BCUT2D eigenvalue weighted by atomic mass is 9.92. The molecule has 12 heteroatoms. The number of thioether (sulfide) groups is 1. The predicted molar refractivity (Wildman–Crippen MR) is 172 cm³/mol. The Balaban J connectivity index is 1.33. The van der Waals surface area contributed by atoms with Gasteiger partial charge in [-0.3, -0.25) is 23.6 Å². The van der Waals surface area contributed by atoms with Crippen molar-refractivity contribution in [1.29, 1.82) is 0 Å². The van der Waals surface area contributed by atoms with Crippen LogP contribution in [0.5, 0.6) is 5.75 Å². The van der Waals surface area contributed by atoms with Crippen LogP contribution >= 0.6 is 19.6 Å². The van der Waals surface area contributed by atoms with E-state index in [2.05, 4.69) is 47.8 Å². The van der Waals surface area contributed by atoms with Crippen LogP contribution in [-0.2, 0) is 18.4 Å². The Morgan fingerprint density at radius 3 is 2.19 bits per heavy atom. The lowest BCUT2D eigenvalue weighted by Crippen LogP contribution is -2.49. The van der Waals surface area contributed by atoms with Gasteiger partial charge in [-0.25, -0.2) is 9.55 Å². The van der Waals surface area contributed by atoms with Crippen LogP contribution < -0.4 is 9.84 Å². The third kappa shape index (κ3) is 9.30. The number of carbonyl (C=O) groups excluding carboxylic acids is 1. The zero-order valence-corrected chi connectivity index (χ0v) is 27.8. The van der Waals surface area contributed by atoms with Crippen LogP contribution in [0, 0.1) is 0 Å². The number of phosphoric acid groups is 1. The van der Waals surface area contributed by atoms with E-state index in [4.69, 9.17) is 18.0 Å². The molecule has 2 heterocycles. The average molecular weight is 633 g/mol. The van der Waals surface area contributed by atoms with E-state index < -0.39 is 7.82 Å². The van der Waals surface area contributed by atoms with Crippen LogP contribution in [0.15, 0.2) is 46.0 Å². The van der Waals surface area contributed by atoms with Gasteiger partial charge in [0.05, 0.1) is 19.8 Å². The number of benzene rings is 2. The van der Waals surface area contributed by atoms with E-state index in [1.54, 1.807) is 25.6 Å². The Morgan fingerprint density at radius 1 is 1.00 bits per heavy atom. The van der Waals surface area contributed by atoms with Gasteiger partial charge >= 0.3 is 7.82 Å². The van der Waals surface area contributed by atoms with Crippen LogP contribution in [-0.4, -0.2) is 78.9 Å². The molecule has 1 aliphatic heterocycles. The standard InChI is InChI=1S/C31H45N4O6PS/c1-7-38-42(37,39-8-2)41-24-19-25(22(3)4)30(26(20-24)23(5)6)33-29(36)21-35-15-13-34(14-16-35)17-18-43-31-32-27-11-9-10-12-28(27)40-31/h9-12,19-20,22-23H,7-8,13-18,21H2,1-6H3,(H,33,36). The monoisotopic (exact) mass is 632 g/mol. The van der Waals surface area contributed by atoms with E-state index >= 15 is 0 Å². The molecule has 4 rings (SSSR count). The molecule has 43 heavy (non-hydrogen) atoms. The van der Waals surface area contributed by atoms with Crippen molar-refractivity contribution in [2.45, 2.75) is 58.6 Å². The van der Waals surface area contributed by atoms with Crippen LogP contribution in [0.4, 0.5) is 5.69 Å². The van der Waals surface area contributed by atoms with Crippen molar-refractivity contribution in [3.05, 3.63) is 47.5 Å². The van der Waals surface area contributed by atoms with Gasteiger partial charge in [0.1, 0.15) is 11.3 Å². The van der Waals surface area contributed by atoms with E-state index in [-0.39, 0.29) is 31.0 Å². The van der Waals surface area contributed by atoms with E-state index in [1.807, 2.05) is 36.4 Å². The van der Waals surface area contributed by atoms with Gasteiger partial charge in [0, 0.05) is 44.2 Å². The summed E-state index contributed by atoms with van der Waals surface area (Å²) in [6.45, 7) is 16.9. The normalized spacial score (nSPS) is 15.1. The Labute approximate surface area is 259 Å². The van der Waals surface area contributed by atoms with Gasteiger partial charge in [-0.2, -0.15) is 0 Å². The maximum Gasteiger partial charge on any atom is 0.530 e. The second kappa shape index (κ2) is 15.5. The molecule has 10 nitrogen and oxygen atoms in total. The van der Waals surface area contributed by atoms with Gasteiger partial charge in [-0.05, 0) is 61.1 Å². The first-order valence-electron chi connectivity index (χ1n) is 15.1. The third-order valence-corrected chi connectivity index (χ3v) is 9.60. The highest BCUT2D eigenvalue weighted by atomic mass is 32.2. The van der Waals surface area contributed by atoms with Gasteiger partial charge in [-0.1, -0.05) is 51.6 Å². The highest BCUT2D eigenvalue weighted by Gasteiger charge is 2.29. The van der Waals surface area contributed by atoms with Gasteiger partial charge in [-0.15, -0.1) is 0 Å². The van der Waals surface area contributed by atoms with Crippen molar-refractivity contribution in [3.8, 4) is 5.75 Å². The fourth-order valence-electron chi connectivity index (χ4n) is 5.03. The molecule has 0 unspecified atom stereocenters. The number of oxazole rings is 1. The lowest BCUT2D eigenvalue weighted by Gasteiger charge is -2.34. The minimum Gasteiger partial charge on any atom is -0.431 e. The average Bonchev–Trinajstić information content (AvgIpc) is 3.37. The molecular formula is C31H45N4O6PS. The van der Waals surface area contributed by atoms with Crippen LogP contribution in [0.3, 0.4) is 0 Å². The van der Waals surface area contributed by atoms with E-state index in [0.29, 0.717) is 17.5 Å². The Hall–Kier alpha value is -2.40. The first kappa shape index (κ1) is 33.5. The van der Waals surface area contributed by atoms with Crippen LogP contribution in [0.1, 0.15) is 64.5 Å². The zero-order valence-electron chi connectivity index (χ0n) is 26.1. The summed E-state index contributed by atoms with van der Waals surface area (Å²) in [4.78, 5) is 22.4. The van der Waals surface area contributed by atoms with Crippen molar-refractivity contribution < 1.29 is 27.3 Å². The molecule has 1 saturated heterocycles. The molecule has 3 aromatic rings. The summed E-state index contributed by atoms with van der Waals surface area (Å²) in [6.07, 6.45) is 0. The molecule has 1 fully saturated rings. The second-order valence-corrected chi connectivity index (χ2v) is 13.8. The second-order valence-electron chi connectivity index (χ2n) is 11.1. The van der Waals surface area contributed by atoms with Gasteiger partial charge in [0.15, 0.2) is 5.58 Å². The van der Waals surface area contributed by atoms with E-state index in [9.17, 15) is 9.36 Å². The van der Waals surface area contributed by atoms with Crippen molar-refractivity contribution in [2.75, 3.05) is 63.6 Å². The number of para-hydroxylation sites is 2. The number of nitrogens with one attached hydrogen (secondary N) is 1. The lowest BCUT2D eigenvalue weighted by molar-refractivity contribution is -0.117. The number of fused-ring (bicyclic) bond motifs is 1. The number of amides is 1. The molecule has 0 radical (unpaired) electrons. The Morgan fingerprint density at radius 2 is 1.60 bits per heavy atom. The Kier molecular flexibility index (Phi) is 12.1. The van der Waals surface area contributed by atoms with Crippen molar-refractivity contribution >= 4 is 42.3 Å². The highest BCUT2D eigenvalue weighted by Crippen LogP contribution is 2.50. The summed E-state index contributed by atoms with van der Waals surface area (Å²) >= 11 is 1.63. The summed E-state index contributed by atoms with van der Waals surface area (Å²) < 4.78 is 35.3. The molecule has 1 N–H and O–H groups in total. The summed E-state index contributed by atoms with van der Waals surface area (Å²) in [5.74, 6) is 1.43. The summed E-state index contributed by atoms with van der Waals surface area (Å²) in [5, 5.41) is 3.91. The van der Waals surface area contributed by atoms with Crippen molar-refractivity contribution in [2.24, 2.45) is 0 Å². The molecule has 0 bridgehead atoms. The molecule has 1 amide bonds. The fraction of sp³-hybridized carbons (Fsp3) is 0.548.